The van der Waals surface area contributed by atoms with Crippen molar-refractivity contribution in [2.24, 2.45) is 0 Å². The Balaban J connectivity index is 2.22. The van der Waals surface area contributed by atoms with Gasteiger partial charge in [0.25, 0.3) is 5.69 Å². The van der Waals surface area contributed by atoms with E-state index in [0.29, 0.717) is 6.07 Å². The molecule has 1 atom stereocenters. The van der Waals surface area contributed by atoms with Crippen molar-refractivity contribution in [3.8, 4) is 0 Å². The Labute approximate surface area is 149 Å². The Bertz CT molecular complexity index is 842. The van der Waals surface area contributed by atoms with E-state index >= 15 is 0 Å². The molecule has 0 unspecified atom stereocenters. The third-order valence-corrected chi connectivity index (χ3v) is 4.44. The number of nitrogens with one attached hydrogen (secondary N) is 1. The first-order chi connectivity index (χ1) is 12.1. The van der Waals surface area contributed by atoms with E-state index in [0.717, 1.165) is 23.9 Å². The number of carbonyl (C=O) groups excluding carboxylic acids is 1. The molecule has 0 radical (unpaired) electrons. The maximum atomic E-state index is 13.6. The molecular formula is C16H12F4N2O3S. The van der Waals surface area contributed by atoms with Gasteiger partial charge in [-0.05, 0) is 25.1 Å². The van der Waals surface area contributed by atoms with Crippen LogP contribution in [0.1, 0.15) is 12.5 Å². The van der Waals surface area contributed by atoms with Gasteiger partial charge in [0, 0.05) is 17.0 Å². The minimum absolute atomic E-state index is 0.176. The van der Waals surface area contributed by atoms with Gasteiger partial charge in [-0.2, -0.15) is 13.2 Å². The Morgan fingerprint density at radius 3 is 2.46 bits per heavy atom. The molecule has 26 heavy (non-hydrogen) atoms. The number of carbonyl (C=O) groups is 1. The molecule has 0 spiro atoms. The number of thioether (sulfide) groups is 1. The zero-order valence-corrected chi connectivity index (χ0v) is 14.0. The maximum absolute atomic E-state index is 13.6. The standard InChI is InChI=1S/C16H12F4N2O3S/c1-9(26-14-5-3-2-4-12(14)17)15(23)21-13-7-6-10(22(24)25)8-11(13)16(18,19)20/h2-9H,1H3,(H,21,23)/t9-/m1/s1. The molecule has 0 bridgehead atoms. The fourth-order valence-corrected chi connectivity index (χ4v) is 2.89. The zero-order valence-electron chi connectivity index (χ0n) is 13.2. The fraction of sp³-hybridized carbons (Fsp3) is 0.188. The summed E-state index contributed by atoms with van der Waals surface area (Å²) in [7, 11) is 0. The summed E-state index contributed by atoms with van der Waals surface area (Å²) in [5.41, 5.74) is -2.68. The van der Waals surface area contributed by atoms with Gasteiger partial charge in [-0.15, -0.1) is 11.8 Å². The van der Waals surface area contributed by atoms with Crippen LogP contribution in [0.5, 0.6) is 0 Å². The van der Waals surface area contributed by atoms with Crippen molar-refractivity contribution in [3.05, 3.63) is 64.0 Å². The second kappa shape index (κ2) is 7.73. The highest BCUT2D eigenvalue weighted by atomic mass is 32.2. The molecule has 0 aliphatic carbocycles. The molecule has 10 heteroatoms. The number of alkyl halides is 3. The molecule has 1 N–H and O–H groups in total. The van der Waals surface area contributed by atoms with Gasteiger partial charge in [0.2, 0.25) is 5.91 Å². The first-order valence-corrected chi connectivity index (χ1v) is 8.05. The number of amides is 1. The summed E-state index contributed by atoms with van der Waals surface area (Å²) >= 11 is 0.842. The summed E-state index contributed by atoms with van der Waals surface area (Å²) in [6.45, 7) is 1.41. The van der Waals surface area contributed by atoms with Gasteiger partial charge in [-0.1, -0.05) is 12.1 Å². The fourth-order valence-electron chi connectivity index (χ4n) is 2.01. The number of rotatable bonds is 5. The van der Waals surface area contributed by atoms with E-state index in [9.17, 15) is 32.5 Å². The van der Waals surface area contributed by atoms with E-state index in [1.165, 1.54) is 25.1 Å². The minimum atomic E-state index is -4.89. The van der Waals surface area contributed by atoms with E-state index in [2.05, 4.69) is 5.32 Å². The summed E-state index contributed by atoms with van der Waals surface area (Å²) in [6, 6.07) is 7.70. The Morgan fingerprint density at radius 1 is 1.23 bits per heavy atom. The maximum Gasteiger partial charge on any atom is 0.418 e. The molecule has 2 aromatic rings. The smallest absolute Gasteiger partial charge is 0.325 e. The summed E-state index contributed by atoms with van der Waals surface area (Å²) in [6.07, 6.45) is -4.89. The summed E-state index contributed by atoms with van der Waals surface area (Å²) in [4.78, 5) is 22.1. The van der Waals surface area contributed by atoms with Gasteiger partial charge < -0.3 is 5.32 Å². The second-order valence-corrected chi connectivity index (χ2v) is 6.55. The monoisotopic (exact) mass is 388 g/mol. The average Bonchev–Trinajstić information content (AvgIpc) is 2.56. The predicted molar refractivity (Wildman–Crippen MR) is 88.4 cm³/mol. The molecule has 0 heterocycles. The van der Waals surface area contributed by atoms with Crippen LogP contribution >= 0.6 is 11.8 Å². The van der Waals surface area contributed by atoms with Crippen molar-refractivity contribution in [1.29, 1.82) is 0 Å². The van der Waals surface area contributed by atoms with Crippen molar-refractivity contribution in [1.82, 2.24) is 0 Å². The van der Waals surface area contributed by atoms with E-state index < -0.39 is 45.0 Å². The van der Waals surface area contributed by atoms with Gasteiger partial charge in [-0.25, -0.2) is 4.39 Å². The number of nitro benzene ring substituents is 1. The number of hydrogen-bond acceptors (Lipinski definition) is 4. The molecule has 2 rings (SSSR count). The van der Waals surface area contributed by atoms with Gasteiger partial charge in [-0.3, -0.25) is 14.9 Å². The lowest BCUT2D eigenvalue weighted by Crippen LogP contribution is -2.24. The van der Waals surface area contributed by atoms with Gasteiger partial charge in [0.15, 0.2) is 0 Å². The molecule has 0 saturated carbocycles. The second-order valence-electron chi connectivity index (χ2n) is 5.16. The SMILES string of the molecule is C[C@@H](Sc1ccccc1F)C(=O)Nc1ccc([N+](=O)[O-])cc1C(F)(F)F. The highest BCUT2D eigenvalue weighted by molar-refractivity contribution is 8.00. The number of hydrogen-bond donors (Lipinski definition) is 1. The van der Waals surface area contributed by atoms with Crippen LogP contribution in [0.25, 0.3) is 0 Å². The number of benzene rings is 2. The predicted octanol–water partition coefficient (Wildman–Crippen LogP) is 4.87. The zero-order chi connectivity index (χ0) is 19.5. The van der Waals surface area contributed by atoms with E-state index in [1.807, 2.05) is 0 Å². The van der Waals surface area contributed by atoms with E-state index in [4.69, 9.17) is 0 Å². The van der Waals surface area contributed by atoms with Crippen molar-refractivity contribution in [3.63, 3.8) is 0 Å². The lowest BCUT2D eigenvalue weighted by Gasteiger charge is -2.16. The first kappa shape index (κ1) is 19.7. The van der Waals surface area contributed by atoms with E-state index in [1.54, 1.807) is 6.07 Å². The third kappa shape index (κ3) is 4.72. The Kier molecular flexibility index (Phi) is 5.86. The van der Waals surface area contributed by atoms with Gasteiger partial charge in [0.1, 0.15) is 5.82 Å². The first-order valence-electron chi connectivity index (χ1n) is 7.17. The van der Waals surface area contributed by atoms with Crippen molar-refractivity contribution in [2.75, 3.05) is 5.32 Å². The molecule has 2 aromatic carbocycles. The van der Waals surface area contributed by atoms with Crippen LogP contribution in [-0.4, -0.2) is 16.1 Å². The number of nitro groups is 1. The molecule has 1 amide bonds. The molecular weight excluding hydrogens is 376 g/mol. The van der Waals surface area contributed by atoms with E-state index in [-0.39, 0.29) is 4.90 Å². The quantitative estimate of drug-likeness (QED) is 0.343. The topological polar surface area (TPSA) is 72.2 Å². The normalized spacial score (nSPS) is 12.5. The van der Waals surface area contributed by atoms with Crippen LogP contribution in [-0.2, 0) is 11.0 Å². The molecule has 138 valence electrons. The van der Waals surface area contributed by atoms with Gasteiger partial charge in [0.05, 0.1) is 21.4 Å². The van der Waals surface area contributed by atoms with Gasteiger partial charge >= 0.3 is 6.18 Å². The number of nitrogens with zero attached hydrogens (tertiary/aromatic N) is 1. The summed E-state index contributed by atoms with van der Waals surface area (Å²) < 4.78 is 53.0. The minimum Gasteiger partial charge on any atom is -0.325 e. The van der Waals surface area contributed by atoms with Crippen LogP contribution in [0, 0.1) is 15.9 Å². The largest absolute Gasteiger partial charge is 0.418 e. The number of halogens is 4. The Morgan fingerprint density at radius 2 is 1.88 bits per heavy atom. The molecule has 0 aromatic heterocycles. The number of non-ortho nitro benzene ring substituents is 1. The van der Waals surface area contributed by atoms with Crippen LogP contribution in [0.15, 0.2) is 47.4 Å². The molecule has 0 aliphatic heterocycles. The van der Waals surface area contributed by atoms with Crippen LogP contribution in [0.2, 0.25) is 0 Å². The van der Waals surface area contributed by atoms with Crippen LogP contribution in [0.4, 0.5) is 28.9 Å². The van der Waals surface area contributed by atoms with Crippen molar-refractivity contribution < 1.29 is 27.3 Å². The van der Waals surface area contributed by atoms with Crippen molar-refractivity contribution in [2.45, 2.75) is 23.2 Å². The lowest BCUT2D eigenvalue weighted by molar-refractivity contribution is -0.385. The average molecular weight is 388 g/mol. The van der Waals surface area contributed by atoms with Crippen LogP contribution < -0.4 is 5.32 Å². The highest BCUT2D eigenvalue weighted by Gasteiger charge is 2.36. The van der Waals surface area contributed by atoms with Crippen LogP contribution in [0.3, 0.4) is 0 Å². The molecule has 0 aliphatic rings. The third-order valence-electron chi connectivity index (χ3n) is 3.29. The number of anilines is 1. The lowest BCUT2D eigenvalue weighted by atomic mass is 10.1. The highest BCUT2D eigenvalue weighted by Crippen LogP contribution is 2.37. The Hall–Kier alpha value is -2.62. The molecule has 0 fully saturated rings. The molecule has 5 nitrogen and oxygen atoms in total. The van der Waals surface area contributed by atoms with Crippen molar-refractivity contribution >= 4 is 29.0 Å². The molecule has 0 saturated heterocycles. The summed E-state index contributed by atoms with van der Waals surface area (Å²) in [5.74, 6) is -1.35. The summed E-state index contributed by atoms with van der Waals surface area (Å²) in [5, 5.41) is 11.9.